The van der Waals surface area contributed by atoms with Crippen LogP contribution in [0.1, 0.15) is 36.3 Å². The van der Waals surface area contributed by atoms with Gasteiger partial charge in [-0.25, -0.2) is 9.78 Å². The summed E-state index contributed by atoms with van der Waals surface area (Å²) < 4.78 is 4.58. The van der Waals surface area contributed by atoms with Gasteiger partial charge in [0.2, 0.25) is 5.91 Å². The number of nitrogens with one attached hydrogen (secondary N) is 2. The van der Waals surface area contributed by atoms with Gasteiger partial charge in [-0.3, -0.25) is 15.0 Å². The first-order chi connectivity index (χ1) is 11.1. The van der Waals surface area contributed by atoms with Crippen molar-refractivity contribution in [2.45, 2.75) is 44.7 Å². The largest absolute Gasteiger partial charge is 0.453 e. The second-order valence-electron chi connectivity index (χ2n) is 6.02. The van der Waals surface area contributed by atoms with E-state index in [-0.39, 0.29) is 5.91 Å². The maximum atomic E-state index is 12.1. The van der Waals surface area contributed by atoms with Crippen molar-refractivity contribution in [1.82, 2.24) is 15.2 Å². The van der Waals surface area contributed by atoms with Crippen LogP contribution in [-0.4, -0.2) is 48.1 Å². The minimum atomic E-state index is -0.510. The number of rotatable bonds is 4. The number of thiazole rings is 1. The molecule has 0 aromatic carbocycles. The molecular weight excluding hydrogens is 316 g/mol. The van der Waals surface area contributed by atoms with Gasteiger partial charge in [0.15, 0.2) is 5.13 Å². The van der Waals surface area contributed by atoms with Crippen LogP contribution in [0.25, 0.3) is 0 Å². The third-order valence-electron chi connectivity index (χ3n) is 4.29. The molecule has 7 nitrogen and oxygen atoms in total. The van der Waals surface area contributed by atoms with Crippen molar-refractivity contribution in [3.8, 4) is 0 Å². The molecule has 0 unspecified atom stereocenters. The fourth-order valence-electron chi connectivity index (χ4n) is 3.12. The Hall–Kier alpha value is -1.67. The monoisotopic (exact) mass is 338 g/mol. The summed E-state index contributed by atoms with van der Waals surface area (Å²) in [5, 5.41) is 6.28. The van der Waals surface area contributed by atoms with Crippen LogP contribution in [0, 0.1) is 0 Å². The normalized spacial score (nSPS) is 18.5. The number of aromatic nitrogens is 1. The Kier molecular flexibility index (Phi) is 5.12. The van der Waals surface area contributed by atoms with Crippen molar-refractivity contribution in [2.75, 3.05) is 25.5 Å². The maximum Gasteiger partial charge on any atom is 0.413 e. The van der Waals surface area contributed by atoms with E-state index in [1.165, 1.54) is 31.3 Å². The van der Waals surface area contributed by atoms with Crippen LogP contribution in [0.5, 0.6) is 0 Å². The fraction of sp³-hybridized carbons (Fsp3) is 0.667. The molecule has 1 aliphatic carbocycles. The maximum absolute atomic E-state index is 12.1. The predicted octanol–water partition coefficient (Wildman–Crippen LogP) is 1.74. The lowest BCUT2D eigenvalue weighted by molar-refractivity contribution is -0.123. The molecule has 0 radical (unpaired) electrons. The number of carbonyl (C=O) groups excluding carboxylic acids is 2. The Morgan fingerprint density at radius 2 is 2.17 bits per heavy atom. The van der Waals surface area contributed by atoms with E-state index in [9.17, 15) is 9.59 Å². The predicted molar refractivity (Wildman–Crippen MR) is 87.5 cm³/mol. The summed E-state index contributed by atoms with van der Waals surface area (Å²) in [5.41, 5.74) is 1.01. The second kappa shape index (κ2) is 7.27. The van der Waals surface area contributed by atoms with Crippen molar-refractivity contribution in [3.63, 3.8) is 0 Å². The number of nitrogens with zero attached hydrogens (tertiary/aromatic N) is 2. The van der Waals surface area contributed by atoms with E-state index in [2.05, 4.69) is 25.3 Å². The first-order valence-corrected chi connectivity index (χ1v) is 8.81. The molecule has 0 spiro atoms. The van der Waals surface area contributed by atoms with Gasteiger partial charge in [-0.2, -0.15) is 0 Å². The minimum Gasteiger partial charge on any atom is -0.453 e. The molecule has 8 heteroatoms. The molecule has 126 valence electrons. The Morgan fingerprint density at radius 3 is 2.91 bits per heavy atom. The van der Waals surface area contributed by atoms with Gasteiger partial charge in [0.1, 0.15) is 0 Å². The van der Waals surface area contributed by atoms with Crippen molar-refractivity contribution in [3.05, 3.63) is 10.6 Å². The third-order valence-corrected chi connectivity index (χ3v) is 5.29. The lowest BCUT2D eigenvalue weighted by atomic mass is 10.2. The molecule has 0 atom stereocenters. The molecule has 23 heavy (non-hydrogen) atoms. The quantitative estimate of drug-likeness (QED) is 0.874. The van der Waals surface area contributed by atoms with Gasteiger partial charge >= 0.3 is 6.09 Å². The molecular formula is C15H22N4O3S. The molecule has 1 aromatic heterocycles. The second-order valence-corrected chi connectivity index (χ2v) is 7.10. The van der Waals surface area contributed by atoms with Gasteiger partial charge in [0.25, 0.3) is 0 Å². The van der Waals surface area contributed by atoms with Crippen molar-refractivity contribution >= 4 is 28.5 Å². The van der Waals surface area contributed by atoms with Crippen LogP contribution >= 0.6 is 11.3 Å². The number of anilines is 1. The smallest absolute Gasteiger partial charge is 0.413 e. The number of hydrogen-bond acceptors (Lipinski definition) is 6. The first kappa shape index (κ1) is 16.2. The zero-order valence-electron chi connectivity index (χ0n) is 13.3. The Balaban J connectivity index is 1.52. The highest BCUT2D eigenvalue weighted by Crippen LogP contribution is 2.28. The van der Waals surface area contributed by atoms with Crippen LogP contribution in [0.2, 0.25) is 0 Å². The van der Waals surface area contributed by atoms with Crippen molar-refractivity contribution in [1.29, 1.82) is 0 Å². The standard InChI is InChI=1S/C15H22N4O3S/c1-22-15(21)18-14-17-11-6-7-19(8-12(11)23-14)9-13(20)16-10-4-2-3-5-10/h10H,2-9H2,1H3,(H,16,20)(H,17,18,21). The lowest BCUT2D eigenvalue weighted by Crippen LogP contribution is -2.42. The van der Waals surface area contributed by atoms with E-state index in [1.807, 2.05) is 0 Å². The molecule has 1 fully saturated rings. The van der Waals surface area contributed by atoms with Crippen LogP contribution < -0.4 is 10.6 Å². The van der Waals surface area contributed by atoms with Gasteiger partial charge < -0.3 is 10.1 Å². The minimum absolute atomic E-state index is 0.109. The summed E-state index contributed by atoms with van der Waals surface area (Å²) >= 11 is 1.45. The van der Waals surface area contributed by atoms with Crippen LogP contribution in [0.4, 0.5) is 9.93 Å². The SMILES string of the molecule is COC(=O)Nc1nc2c(s1)CN(CC(=O)NC1CCCC1)CC2. The molecule has 2 heterocycles. The van der Waals surface area contributed by atoms with E-state index in [0.717, 1.165) is 36.4 Å². The molecule has 0 saturated heterocycles. The van der Waals surface area contributed by atoms with E-state index >= 15 is 0 Å². The van der Waals surface area contributed by atoms with Crippen LogP contribution in [-0.2, 0) is 22.5 Å². The Morgan fingerprint density at radius 1 is 1.39 bits per heavy atom. The Bertz CT molecular complexity index is 583. The van der Waals surface area contributed by atoms with E-state index in [1.54, 1.807) is 0 Å². The zero-order chi connectivity index (χ0) is 16.2. The van der Waals surface area contributed by atoms with Crippen LogP contribution in [0.15, 0.2) is 0 Å². The first-order valence-electron chi connectivity index (χ1n) is 7.99. The van der Waals surface area contributed by atoms with Gasteiger partial charge in [0.05, 0.1) is 19.3 Å². The molecule has 2 amide bonds. The molecule has 2 aliphatic rings. The van der Waals surface area contributed by atoms with Gasteiger partial charge in [-0.1, -0.05) is 24.2 Å². The summed E-state index contributed by atoms with van der Waals surface area (Å²) in [6.07, 6.45) is 4.93. The summed E-state index contributed by atoms with van der Waals surface area (Å²) in [6, 6.07) is 0.363. The zero-order valence-corrected chi connectivity index (χ0v) is 14.1. The highest BCUT2D eigenvalue weighted by molar-refractivity contribution is 7.15. The molecule has 1 saturated carbocycles. The highest BCUT2D eigenvalue weighted by Gasteiger charge is 2.24. The average Bonchev–Trinajstić information content (AvgIpc) is 3.15. The van der Waals surface area contributed by atoms with E-state index in [4.69, 9.17) is 0 Å². The highest BCUT2D eigenvalue weighted by atomic mass is 32.1. The molecule has 0 bridgehead atoms. The van der Waals surface area contributed by atoms with E-state index < -0.39 is 6.09 Å². The number of methoxy groups -OCH3 is 1. The topological polar surface area (TPSA) is 83.6 Å². The van der Waals surface area contributed by atoms with Gasteiger partial charge in [0, 0.05) is 30.4 Å². The fourth-order valence-corrected chi connectivity index (χ4v) is 4.16. The third kappa shape index (κ3) is 4.20. The van der Waals surface area contributed by atoms with Crippen LogP contribution in [0.3, 0.4) is 0 Å². The van der Waals surface area contributed by atoms with Gasteiger partial charge in [-0.05, 0) is 12.8 Å². The molecule has 3 rings (SSSR count). The number of fused-ring (bicyclic) bond motifs is 1. The summed E-state index contributed by atoms with van der Waals surface area (Å²) in [6.45, 7) is 1.94. The summed E-state index contributed by atoms with van der Waals surface area (Å²) in [5.74, 6) is 0.109. The van der Waals surface area contributed by atoms with Crippen molar-refractivity contribution in [2.24, 2.45) is 0 Å². The van der Waals surface area contributed by atoms with Crippen molar-refractivity contribution < 1.29 is 14.3 Å². The number of amides is 2. The number of carbonyl (C=O) groups is 2. The molecule has 1 aliphatic heterocycles. The lowest BCUT2D eigenvalue weighted by Gasteiger charge is -2.25. The summed E-state index contributed by atoms with van der Waals surface area (Å²) in [4.78, 5) is 31.0. The molecule has 2 N–H and O–H groups in total. The van der Waals surface area contributed by atoms with Gasteiger partial charge in [-0.15, -0.1) is 0 Å². The van der Waals surface area contributed by atoms with E-state index in [0.29, 0.717) is 24.3 Å². The average molecular weight is 338 g/mol. The molecule has 1 aromatic rings. The number of hydrogen-bond donors (Lipinski definition) is 2. The Labute approximate surface area is 139 Å². The number of ether oxygens (including phenoxy) is 1. The summed E-state index contributed by atoms with van der Waals surface area (Å²) in [7, 11) is 1.33.